The number of aliphatic hydroxyl groups is 1. The van der Waals surface area contributed by atoms with Gasteiger partial charge in [0.25, 0.3) is 0 Å². The number of aromatic nitrogens is 2. The van der Waals surface area contributed by atoms with E-state index in [0.717, 1.165) is 41.4 Å². The summed E-state index contributed by atoms with van der Waals surface area (Å²) in [6.07, 6.45) is 7.78. The normalized spacial score (nSPS) is 14.9. The maximum absolute atomic E-state index is 10.9. The molecular weight excluding hydrogens is 362 g/mol. The molecule has 2 aromatic carbocycles. The Kier molecular flexibility index (Phi) is 5.60. The molecule has 0 aliphatic heterocycles. The van der Waals surface area contributed by atoms with Gasteiger partial charge in [-0.25, -0.2) is 4.98 Å². The van der Waals surface area contributed by atoms with Crippen LogP contribution in [0.5, 0.6) is 0 Å². The van der Waals surface area contributed by atoms with Crippen molar-refractivity contribution >= 4 is 21.9 Å². The van der Waals surface area contributed by atoms with E-state index in [0.29, 0.717) is 12.5 Å². The van der Waals surface area contributed by atoms with Crippen LogP contribution in [-0.4, -0.2) is 21.1 Å². The third-order valence-electron chi connectivity index (χ3n) is 5.61. The molecule has 5 heteroatoms. The lowest BCUT2D eigenvalue weighted by Crippen LogP contribution is -2.27. The van der Waals surface area contributed by atoms with E-state index in [4.69, 9.17) is 4.42 Å². The van der Waals surface area contributed by atoms with Gasteiger partial charge in [-0.2, -0.15) is 0 Å². The van der Waals surface area contributed by atoms with Crippen molar-refractivity contribution in [3.8, 4) is 0 Å². The van der Waals surface area contributed by atoms with Crippen LogP contribution in [-0.2, 0) is 12.1 Å². The highest BCUT2D eigenvalue weighted by molar-refractivity contribution is 5.82. The Balaban J connectivity index is 1.27. The molecule has 0 saturated carbocycles. The first-order chi connectivity index (χ1) is 14.0. The van der Waals surface area contributed by atoms with Crippen molar-refractivity contribution < 1.29 is 9.52 Å². The SMILES string of the molecule is C[C@H](CCCC(C)(O)c1ccc2ocnc2c1)NCc1ccc2cnccc2c1. The van der Waals surface area contributed by atoms with Gasteiger partial charge >= 0.3 is 0 Å². The predicted molar refractivity (Wildman–Crippen MR) is 115 cm³/mol. The molecule has 1 unspecified atom stereocenters. The van der Waals surface area contributed by atoms with E-state index >= 15 is 0 Å². The first kappa shape index (κ1) is 19.6. The second-order valence-corrected chi connectivity index (χ2v) is 8.04. The van der Waals surface area contributed by atoms with Crippen molar-refractivity contribution in [1.29, 1.82) is 0 Å². The zero-order valence-corrected chi connectivity index (χ0v) is 16.9. The lowest BCUT2D eigenvalue weighted by atomic mass is 9.89. The standard InChI is InChI=1S/C24H27N3O2/c1-17(26-14-18-5-6-20-15-25-11-9-19(20)12-18)4-3-10-24(2,28)21-7-8-23-22(13-21)27-16-29-23/h5-9,11-13,15-17,26,28H,3-4,10,14H2,1-2H3/t17-,24?/m1/s1. The molecule has 4 aromatic rings. The van der Waals surface area contributed by atoms with Crippen LogP contribution >= 0.6 is 0 Å². The largest absolute Gasteiger partial charge is 0.443 e. The quantitative estimate of drug-likeness (QED) is 0.447. The highest BCUT2D eigenvalue weighted by Gasteiger charge is 2.23. The van der Waals surface area contributed by atoms with Crippen molar-refractivity contribution in [2.24, 2.45) is 0 Å². The van der Waals surface area contributed by atoms with Gasteiger partial charge in [0.15, 0.2) is 12.0 Å². The van der Waals surface area contributed by atoms with Gasteiger partial charge < -0.3 is 14.8 Å². The molecule has 0 radical (unpaired) electrons. The molecule has 29 heavy (non-hydrogen) atoms. The number of hydrogen-bond donors (Lipinski definition) is 2. The second-order valence-electron chi connectivity index (χ2n) is 8.04. The Morgan fingerprint density at radius 1 is 1.14 bits per heavy atom. The molecule has 0 amide bonds. The smallest absolute Gasteiger partial charge is 0.181 e. The van der Waals surface area contributed by atoms with Crippen molar-refractivity contribution in [2.75, 3.05) is 0 Å². The van der Waals surface area contributed by atoms with E-state index in [-0.39, 0.29) is 0 Å². The molecule has 0 bridgehead atoms. The number of hydrogen-bond acceptors (Lipinski definition) is 5. The number of rotatable bonds is 8. The van der Waals surface area contributed by atoms with Gasteiger partial charge in [-0.1, -0.05) is 18.2 Å². The highest BCUT2D eigenvalue weighted by Crippen LogP contribution is 2.29. The van der Waals surface area contributed by atoms with Crippen LogP contribution < -0.4 is 5.32 Å². The van der Waals surface area contributed by atoms with Gasteiger partial charge in [0, 0.05) is 30.4 Å². The number of oxazole rings is 1. The van der Waals surface area contributed by atoms with E-state index in [9.17, 15) is 5.11 Å². The number of fused-ring (bicyclic) bond motifs is 2. The number of nitrogens with one attached hydrogen (secondary N) is 1. The molecule has 2 heterocycles. The third kappa shape index (κ3) is 4.63. The predicted octanol–water partition coefficient (Wildman–Crippen LogP) is 4.93. The number of benzene rings is 2. The van der Waals surface area contributed by atoms with Crippen LogP contribution in [0.1, 0.15) is 44.2 Å². The molecule has 0 saturated heterocycles. The molecule has 2 aromatic heterocycles. The minimum atomic E-state index is -0.876. The summed E-state index contributed by atoms with van der Waals surface area (Å²) in [6, 6.07) is 14.6. The monoisotopic (exact) mass is 389 g/mol. The molecule has 150 valence electrons. The lowest BCUT2D eigenvalue weighted by molar-refractivity contribution is 0.0445. The van der Waals surface area contributed by atoms with E-state index in [2.05, 4.69) is 40.4 Å². The van der Waals surface area contributed by atoms with Crippen molar-refractivity contribution in [3.05, 3.63) is 72.4 Å². The van der Waals surface area contributed by atoms with Crippen LogP contribution in [0.4, 0.5) is 0 Å². The van der Waals surface area contributed by atoms with E-state index in [1.165, 1.54) is 17.3 Å². The van der Waals surface area contributed by atoms with Gasteiger partial charge in [-0.15, -0.1) is 0 Å². The number of pyridine rings is 1. The fraction of sp³-hybridized carbons (Fsp3) is 0.333. The fourth-order valence-corrected chi connectivity index (χ4v) is 3.73. The minimum absolute atomic E-state index is 0.372. The maximum Gasteiger partial charge on any atom is 0.181 e. The Hall–Kier alpha value is -2.76. The molecule has 2 N–H and O–H groups in total. The molecule has 2 atom stereocenters. The summed E-state index contributed by atoms with van der Waals surface area (Å²) in [6.45, 7) is 4.90. The summed E-state index contributed by atoms with van der Waals surface area (Å²) in [5, 5.41) is 16.9. The summed E-state index contributed by atoms with van der Waals surface area (Å²) >= 11 is 0. The van der Waals surface area contributed by atoms with Crippen LogP contribution in [0.2, 0.25) is 0 Å². The molecular formula is C24H27N3O2. The summed E-state index contributed by atoms with van der Waals surface area (Å²) in [5.41, 5.74) is 2.80. The van der Waals surface area contributed by atoms with E-state index in [1.807, 2.05) is 43.6 Å². The highest BCUT2D eigenvalue weighted by atomic mass is 16.3. The van der Waals surface area contributed by atoms with Crippen molar-refractivity contribution in [2.45, 2.75) is 51.3 Å². The first-order valence-corrected chi connectivity index (χ1v) is 10.1. The van der Waals surface area contributed by atoms with Gasteiger partial charge in [0.2, 0.25) is 0 Å². The topological polar surface area (TPSA) is 71.2 Å². The Morgan fingerprint density at radius 3 is 2.93 bits per heavy atom. The Labute approximate surface area is 170 Å². The van der Waals surface area contributed by atoms with Gasteiger partial charge in [-0.3, -0.25) is 4.98 Å². The fourth-order valence-electron chi connectivity index (χ4n) is 3.73. The molecule has 0 spiro atoms. The third-order valence-corrected chi connectivity index (χ3v) is 5.61. The first-order valence-electron chi connectivity index (χ1n) is 10.1. The van der Waals surface area contributed by atoms with Crippen LogP contribution in [0, 0.1) is 0 Å². The molecule has 0 aliphatic carbocycles. The van der Waals surface area contributed by atoms with Crippen molar-refractivity contribution in [1.82, 2.24) is 15.3 Å². The molecule has 4 rings (SSSR count). The van der Waals surface area contributed by atoms with Crippen LogP contribution in [0.25, 0.3) is 21.9 Å². The van der Waals surface area contributed by atoms with Gasteiger partial charge in [-0.05, 0) is 73.9 Å². The zero-order valence-electron chi connectivity index (χ0n) is 16.9. The molecule has 0 aliphatic rings. The average molecular weight is 389 g/mol. The van der Waals surface area contributed by atoms with Gasteiger partial charge in [0.1, 0.15) is 5.52 Å². The molecule has 0 fully saturated rings. The van der Waals surface area contributed by atoms with Crippen molar-refractivity contribution in [3.63, 3.8) is 0 Å². The van der Waals surface area contributed by atoms with Gasteiger partial charge in [0.05, 0.1) is 5.60 Å². The van der Waals surface area contributed by atoms with E-state index < -0.39 is 5.60 Å². The number of nitrogens with zero attached hydrogens (tertiary/aromatic N) is 2. The van der Waals surface area contributed by atoms with E-state index in [1.54, 1.807) is 0 Å². The Morgan fingerprint density at radius 2 is 2.03 bits per heavy atom. The summed E-state index contributed by atoms with van der Waals surface area (Å²) < 4.78 is 5.28. The summed E-state index contributed by atoms with van der Waals surface area (Å²) in [4.78, 5) is 8.34. The average Bonchev–Trinajstić information content (AvgIpc) is 3.20. The maximum atomic E-state index is 10.9. The molecule has 5 nitrogen and oxygen atoms in total. The second kappa shape index (κ2) is 8.31. The summed E-state index contributed by atoms with van der Waals surface area (Å²) in [7, 11) is 0. The lowest BCUT2D eigenvalue weighted by Gasteiger charge is -2.24. The van der Waals surface area contributed by atoms with Crippen LogP contribution in [0.3, 0.4) is 0 Å². The zero-order chi connectivity index (χ0) is 20.3. The van der Waals surface area contributed by atoms with Crippen LogP contribution in [0.15, 0.2) is 65.7 Å². The Bertz CT molecular complexity index is 1100. The minimum Gasteiger partial charge on any atom is -0.443 e. The summed E-state index contributed by atoms with van der Waals surface area (Å²) in [5.74, 6) is 0.